The maximum Gasteiger partial charge on any atom is 0.0570 e. The number of nitrogens with one attached hydrogen (secondary N) is 1. The quantitative estimate of drug-likeness (QED) is 0.839. The first kappa shape index (κ1) is 12.2. The summed E-state index contributed by atoms with van der Waals surface area (Å²) >= 11 is 0. The number of rotatable bonds is 2. The monoisotopic (exact) mass is 245 g/mol. The molecule has 0 heterocycles. The van der Waals surface area contributed by atoms with Gasteiger partial charge in [0.05, 0.1) is 6.10 Å². The van der Waals surface area contributed by atoms with Gasteiger partial charge in [0.2, 0.25) is 0 Å². The Bertz CT molecular complexity index is 434. The minimum absolute atomic E-state index is 0.0792. The van der Waals surface area contributed by atoms with Gasteiger partial charge in [-0.05, 0) is 42.2 Å². The van der Waals surface area contributed by atoms with E-state index in [0.717, 1.165) is 12.8 Å². The molecule has 1 aromatic carbocycles. The van der Waals surface area contributed by atoms with Crippen molar-refractivity contribution in [1.29, 1.82) is 0 Å². The minimum Gasteiger partial charge on any atom is -0.393 e. The zero-order valence-electron chi connectivity index (χ0n) is 11.3. The van der Waals surface area contributed by atoms with Gasteiger partial charge in [-0.1, -0.05) is 38.1 Å². The van der Waals surface area contributed by atoms with E-state index in [9.17, 15) is 5.11 Å². The molecule has 2 aliphatic carbocycles. The lowest BCUT2D eigenvalue weighted by atomic mass is 9.69. The Labute approximate surface area is 109 Å². The average molecular weight is 245 g/mol. The zero-order valence-corrected chi connectivity index (χ0v) is 11.3. The molecule has 98 valence electrons. The summed E-state index contributed by atoms with van der Waals surface area (Å²) in [7, 11) is 0. The van der Waals surface area contributed by atoms with Crippen molar-refractivity contribution < 1.29 is 5.11 Å². The highest BCUT2D eigenvalue weighted by Crippen LogP contribution is 2.44. The van der Waals surface area contributed by atoms with Crippen molar-refractivity contribution >= 4 is 0 Å². The molecule has 1 fully saturated rings. The second kappa shape index (κ2) is 4.36. The molecule has 0 bridgehead atoms. The van der Waals surface area contributed by atoms with Crippen molar-refractivity contribution in [2.24, 2.45) is 5.41 Å². The van der Waals surface area contributed by atoms with Crippen LogP contribution in [0.2, 0.25) is 0 Å². The molecule has 0 saturated heterocycles. The molecule has 3 rings (SSSR count). The van der Waals surface area contributed by atoms with Gasteiger partial charge in [-0.2, -0.15) is 0 Å². The molecule has 0 aliphatic heterocycles. The smallest absolute Gasteiger partial charge is 0.0570 e. The Morgan fingerprint density at radius 1 is 1.22 bits per heavy atom. The van der Waals surface area contributed by atoms with Crippen LogP contribution in [-0.4, -0.2) is 17.3 Å². The number of hydrogen-bond donors (Lipinski definition) is 2. The van der Waals surface area contributed by atoms with Crippen molar-refractivity contribution in [3.63, 3.8) is 0 Å². The van der Waals surface area contributed by atoms with E-state index in [0.29, 0.717) is 17.5 Å². The predicted octanol–water partition coefficient (Wildman–Crippen LogP) is 2.81. The van der Waals surface area contributed by atoms with Crippen LogP contribution in [0, 0.1) is 5.41 Å². The van der Waals surface area contributed by atoms with E-state index in [4.69, 9.17) is 0 Å². The minimum atomic E-state index is -0.0792. The van der Waals surface area contributed by atoms with E-state index in [1.807, 2.05) is 0 Å². The topological polar surface area (TPSA) is 32.3 Å². The Balaban J connectivity index is 1.84. The van der Waals surface area contributed by atoms with Crippen LogP contribution < -0.4 is 5.32 Å². The van der Waals surface area contributed by atoms with Gasteiger partial charge in [0.15, 0.2) is 0 Å². The maximum absolute atomic E-state index is 9.43. The van der Waals surface area contributed by atoms with E-state index in [2.05, 4.69) is 43.4 Å². The molecule has 2 heteroatoms. The van der Waals surface area contributed by atoms with Crippen molar-refractivity contribution in [1.82, 2.24) is 5.32 Å². The van der Waals surface area contributed by atoms with E-state index >= 15 is 0 Å². The summed E-state index contributed by atoms with van der Waals surface area (Å²) in [5.41, 5.74) is 3.26. The third-order valence-corrected chi connectivity index (χ3v) is 4.70. The molecule has 1 atom stereocenters. The van der Waals surface area contributed by atoms with E-state index < -0.39 is 0 Å². The van der Waals surface area contributed by atoms with Gasteiger partial charge in [0, 0.05) is 12.1 Å². The van der Waals surface area contributed by atoms with Crippen LogP contribution in [0.1, 0.15) is 50.3 Å². The predicted molar refractivity (Wildman–Crippen MR) is 73.4 cm³/mol. The molecule has 1 unspecified atom stereocenters. The van der Waals surface area contributed by atoms with Gasteiger partial charge < -0.3 is 10.4 Å². The first-order valence-electron chi connectivity index (χ1n) is 7.08. The average Bonchev–Trinajstić information content (AvgIpc) is 2.30. The molecule has 1 aromatic rings. The standard InChI is InChI=1S/C16H23NO/c1-16(2)8-7-11-5-3-4-6-14(11)15(16)17-12-9-13(18)10-12/h3-6,12-13,15,17-18H,7-10H2,1-2H3. The van der Waals surface area contributed by atoms with Crippen molar-refractivity contribution in [2.75, 3.05) is 0 Å². The van der Waals surface area contributed by atoms with E-state index in [1.54, 1.807) is 0 Å². The molecule has 2 N–H and O–H groups in total. The Hall–Kier alpha value is -0.860. The lowest BCUT2D eigenvalue weighted by Crippen LogP contribution is -2.50. The van der Waals surface area contributed by atoms with Crippen LogP contribution in [0.25, 0.3) is 0 Å². The van der Waals surface area contributed by atoms with Crippen LogP contribution in [0.3, 0.4) is 0 Å². The first-order chi connectivity index (χ1) is 8.56. The van der Waals surface area contributed by atoms with Gasteiger partial charge in [-0.3, -0.25) is 0 Å². The third-order valence-electron chi connectivity index (χ3n) is 4.70. The van der Waals surface area contributed by atoms with E-state index in [1.165, 1.54) is 24.0 Å². The summed E-state index contributed by atoms with van der Waals surface area (Å²) in [6.45, 7) is 4.71. The number of benzene rings is 1. The summed E-state index contributed by atoms with van der Waals surface area (Å²) < 4.78 is 0. The lowest BCUT2D eigenvalue weighted by Gasteiger charge is -2.45. The fraction of sp³-hybridized carbons (Fsp3) is 0.625. The molecule has 0 radical (unpaired) electrons. The molecule has 0 amide bonds. The molecular weight excluding hydrogens is 222 g/mol. The SMILES string of the molecule is CC1(C)CCc2ccccc2C1NC1CC(O)C1. The third kappa shape index (κ3) is 2.08. The largest absolute Gasteiger partial charge is 0.393 e. The molecular formula is C16H23NO. The van der Waals surface area contributed by atoms with Crippen LogP contribution in [0.15, 0.2) is 24.3 Å². The van der Waals surface area contributed by atoms with Crippen LogP contribution in [0.4, 0.5) is 0 Å². The van der Waals surface area contributed by atoms with Gasteiger partial charge in [0.1, 0.15) is 0 Å². The summed E-state index contributed by atoms with van der Waals surface area (Å²) in [5, 5.41) is 13.2. The Kier molecular flexibility index (Phi) is 2.95. The number of aliphatic hydroxyl groups is 1. The molecule has 2 aliphatic rings. The number of fused-ring (bicyclic) bond motifs is 1. The highest BCUT2D eigenvalue weighted by molar-refractivity contribution is 5.34. The number of hydrogen-bond acceptors (Lipinski definition) is 2. The Morgan fingerprint density at radius 3 is 2.67 bits per heavy atom. The van der Waals surface area contributed by atoms with Crippen LogP contribution >= 0.6 is 0 Å². The summed E-state index contributed by atoms with van der Waals surface area (Å²) in [4.78, 5) is 0. The van der Waals surface area contributed by atoms with Crippen LogP contribution in [-0.2, 0) is 6.42 Å². The van der Waals surface area contributed by atoms with Gasteiger partial charge in [-0.25, -0.2) is 0 Å². The molecule has 18 heavy (non-hydrogen) atoms. The molecule has 0 spiro atoms. The lowest BCUT2D eigenvalue weighted by molar-refractivity contribution is 0.0449. The maximum atomic E-state index is 9.43. The van der Waals surface area contributed by atoms with Gasteiger partial charge >= 0.3 is 0 Å². The fourth-order valence-electron chi connectivity index (χ4n) is 3.34. The van der Waals surface area contributed by atoms with E-state index in [-0.39, 0.29) is 6.10 Å². The highest BCUT2D eigenvalue weighted by Gasteiger charge is 2.39. The first-order valence-corrected chi connectivity index (χ1v) is 7.08. The van der Waals surface area contributed by atoms with Gasteiger partial charge in [-0.15, -0.1) is 0 Å². The number of aliphatic hydroxyl groups excluding tert-OH is 1. The van der Waals surface area contributed by atoms with Crippen molar-refractivity contribution in [2.45, 2.75) is 57.7 Å². The highest BCUT2D eigenvalue weighted by atomic mass is 16.3. The summed E-state index contributed by atoms with van der Waals surface area (Å²) in [5.74, 6) is 0. The normalized spacial score (nSPS) is 33.6. The van der Waals surface area contributed by atoms with Crippen molar-refractivity contribution in [3.05, 3.63) is 35.4 Å². The molecule has 2 nitrogen and oxygen atoms in total. The fourth-order valence-corrected chi connectivity index (χ4v) is 3.34. The van der Waals surface area contributed by atoms with Gasteiger partial charge in [0.25, 0.3) is 0 Å². The molecule has 0 aromatic heterocycles. The van der Waals surface area contributed by atoms with Crippen molar-refractivity contribution in [3.8, 4) is 0 Å². The summed E-state index contributed by atoms with van der Waals surface area (Å²) in [6.07, 6.45) is 4.17. The van der Waals surface area contributed by atoms with Crippen LogP contribution in [0.5, 0.6) is 0 Å². The Morgan fingerprint density at radius 2 is 1.94 bits per heavy atom. The second-order valence-corrected chi connectivity index (χ2v) is 6.61. The molecule has 1 saturated carbocycles. The number of aryl methyl sites for hydroxylation is 1. The second-order valence-electron chi connectivity index (χ2n) is 6.61. The summed E-state index contributed by atoms with van der Waals surface area (Å²) in [6, 6.07) is 9.74. The zero-order chi connectivity index (χ0) is 12.8.